The van der Waals surface area contributed by atoms with Crippen LogP contribution in [0.5, 0.6) is 5.75 Å². The molecule has 6 atom stereocenters. The molecule has 1 aliphatic rings. The van der Waals surface area contributed by atoms with Gasteiger partial charge in [0.15, 0.2) is 18.0 Å². The molecule has 3 aromatic rings. The van der Waals surface area contributed by atoms with Gasteiger partial charge in [0.25, 0.3) is 0 Å². The highest BCUT2D eigenvalue weighted by Gasteiger charge is 2.63. The van der Waals surface area contributed by atoms with Gasteiger partial charge >= 0.3 is 25.7 Å². The molecule has 17 heteroatoms. The van der Waals surface area contributed by atoms with Gasteiger partial charge in [-0.1, -0.05) is 111 Å². The molecule has 0 aliphatic carbocycles. The zero-order valence-corrected chi connectivity index (χ0v) is 35.4. The first-order valence-electron chi connectivity index (χ1n) is 20.3. The SMILES string of the molecule is CCCCCCCCCCCCOC(=O)[C@H](C)NP(=O)(OC[C@H]1O[C@@](C#N)(c2ccc3c(N)ncnn23)[C@H](OC(=O)C(C)C)[C@@H]1OC(=O)C(C)C)Oc1ccccc1. The van der Waals surface area contributed by atoms with E-state index in [1.165, 1.54) is 62.4 Å². The molecule has 1 aliphatic heterocycles. The van der Waals surface area contributed by atoms with Crippen molar-refractivity contribution in [3.8, 4) is 11.8 Å². The number of para-hydroxylation sites is 1. The number of nitriles is 1. The van der Waals surface area contributed by atoms with E-state index in [0.717, 1.165) is 19.3 Å². The van der Waals surface area contributed by atoms with E-state index in [0.29, 0.717) is 11.9 Å². The summed E-state index contributed by atoms with van der Waals surface area (Å²) in [5.74, 6) is -3.08. The maximum atomic E-state index is 14.6. The van der Waals surface area contributed by atoms with Crippen LogP contribution in [0.15, 0.2) is 48.8 Å². The number of nitrogens with two attached hydrogens (primary N) is 1. The second-order valence-electron chi connectivity index (χ2n) is 15.1. The number of aromatic nitrogens is 3. The number of esters is 3. The summed E-state index contributed by atoms with van der Waals surface area (Å²) in [6.07, 6.45) is 8.07. The third-order valence-electron chi connectivity index (χ3n) is 9.69. The Balaban J connectivity index is 1.56. The summed E-state index contributed by atoms with van der Waals surface area (Å²) in [6, 6.07) is 12.2. The van der Waals surface area contributed by atoms with Crippen molar-refractivity contribution in [3.05, 3.63) is 54.5 Å². The van der Waals surface area contributed by atoms with Gasteiger partial charge in [0.05, 0.1) is 30.7 Å². The molecule has 3 N–H and O–H groups in total. The predicted molar refractivity (Wildman–Crippen MR) is 215 cm³/mol. The van der Waals surface area contributed by atoms with E-state index < -0.39 is 74.1 Å². The summed E-state index contributed by atoms with van der Waals surface area (Å²) in [5, 5.41) is 17.8. The van der Waals surface area contributed by atoms with E-state index in [-0.39, 0.29) is 23.9 Å². The third kappa shape index (κ3) is 12.2. The van der Waals surface area contributed by atoms with Crippen molar-refractivity contribution in [1.82, 2.24) is 19.7 Å². The summed E-state index contributed by atoms with van der Waals surface area (Å²) in [5.41, 5.74) is 4.37. The van der Waals surface area contributed by atoms with Gasteiger partial charge in [-0.25, -0.2) is 14.1 Å². The van der Waals surface area contributed by atoms with E-state index in [4.69, 9.17) is 33.7 Å². The number of benzene rings is 1. The van der Waals surface area contributed by atoms with Gasteiger partial charge in [-0.2, -0.15) is 15.4 Å². The number of hydrogen-bond acceptors (Lipinski definition) is 14. The summed E-state index contributed by atoms with van der Waals surface area (Å²) in [4.78, 5) is 43.6. The van der Waals surface area contributed by atoms with Crippen molar-refractivity contribution < 1.29 is 46.9 Å². The lowest BCUT2D eigenvalue weighted by molar-refractivity contribution is -0.173. The number of rotatable bonds is 24. The van der Waals surface area contributed by atoms with Crippen LogP contribution >= 0.6 is 7.75 Å². The van der Waals surface area contributed by atoms with Crippen molar-refractivity contribution in [3.63, 3.8) is 0 Å². The minimum absolute atomic E-state index is 0.0920. The van der Waals surface area contributed by atoms with E-state index in [9.17, 15) is 24.2 Å². The van der Waals surface area contributed by atoms with Crippen LogP contribution in [-0.4, -0.2) is 70.1 Å². The fourth-order valence-corrected chi connectivity index (χ4v) is 7.90. The van der Waals surface area contributed by atoms with Gasteiger partial charge in [0, 0.05) is 0 Å². The Bertz CT molecular complexity index is 1890. The molecule has 0 amide bonds. The number of unbranched alkanes of at least 4 members (excludes halogenated alkanes) is 9. The van der Waals surface area contributed by atoms with E-state index in [1.54, 1.807) is 64.1 Å². The fourth-order valence-electron chi connectivity index (χ4n) is 6.39. The number of carbonyl (C=O) groups is 3. The molecular formula is C41H59N6O10P. The average Bonchev–Trinajstić information content (AvgIpc) is 3.76. The maximum Gasteiger partial charge on any atom is 0.459 e. The number of anilines is 1. The molecular weight excluding hydrogens is 767 g/mol. The molecule has 1 fully saturated rings. The van der Waals surface area contributed by atoms with Crippen molar-refractivity contribution in [1.29, 1.82) is 5.26 Å². The Kier molecular flexibility index (Phi) is 17.5. The summed E-state index contributed by atoms with van der Waals surface area (Å²) < 4.78 is 51.5. The highest BCUT2D eigenvalue weighted by molar-refractivity contribution is 7.52. The molecule has 4 rings (SSSR count). The van der Waals surface area contributed by atoms with Crippen LogP contribution in [0.1, 0.15) is 111 Å². The zero-order chi connectivity index (χ0) is 42.3. The number of nitrogens with zero attached hydrogens (tertiary/aromatic N) is 4. The van der Waals surface area contributed by atoms with E-state index in [1.807, 2.05) is 0 Å². The minimum atomic E-state index is -4.47. The van der Waals surface area contributed by atoms with E-state index in [2.05, 4.69) is 28.2 Å². The number of carbonyl (C=O) groups excluding carboxylic acids is 3. The highest BCUT2D eigenvalue weighted by atomic mass is 31.2. The Morgan fingerprint density at radius 2 is 1.53 bits per heavy atom. The quantitative estimate of drug-likeness (QED) is 0.0395. The lowest BCUT2D eigenvalue weighted by Gasteiger charge is -2.29. The fraction of sp³-hybridized carbons (Fsp3) is 0.610. The second-order valence-corrected chi connectivity index (χ2v) is 16.8. The summed E-state index contributed by atoms with van der Waals surface area (Å²) >= 11 is 0. The van der Waals surface area contributed by atoms with Crippen molar-refractivity contribution in [2.45, 2.75) is 136 Å². The molecule has 0 bridgehead atoms. The van der Waals surface area contributed by atoms with Crippen molar-refractivity contribution in [2.24, 2.45) is 11.8 Å². The van der Waals surface area contributed by atoms with Gasteiger partial charge in [0.1, 0.15) is 35.8 Å². The van der Waals surface area contributed by atoms with Gasteiger partial charge in [-0.15, -0.1) is 0 Å². The van der Waals surface area contributed by atoms with Crippen LogP contribution in [0.3, 0.4) is 0 Å². The van der Waals surface area contributed by atoms with Gasteiger partial charge in [0.2, 0.25) is 5.60 Å². The predicted octanol–water partition coefficient (Wildman–Crippen LogP) is 7.21. The minimum Gasteiger partial charge on any atom is -0.465 e. The number of ether oxygens (including phenoxy) is 4. The van der Waals surface area contributed by atoms with Crippen LogP contribution in [0.2, 0.25) is 0 Å². The highest BCUT2D eigenvalue weighted by Crippen LogP contribution is 2.48. The smallest absolute Gasteiger partial charge is 0.459 e. The monoisotopic (exact) mass is 826 g/mol. The second kappa shape index (κ2) is 22.0. The third-order valence-corrected chi connectivity index (χ3v) is 11.3. The molecule has 3 heterocycles. The Morgan fingerprint density at radius 3 is 2.16 bits per heavy atom. The maximum absolute atomic E-state index is 14.6. The molecule has 318 valence electrons. The molecule has 1 saturated heterocycles. The molecule has 1 aromatic carbocycles. The lowest BCUT2D eigenvalue weighted by atomic mass is 9.92. The molecule has 0 saturated carbocycles. The topological polar surface area (TPSA) is 216 Å². The van der Waals surface area contributed by atoms with Gasteiger partial charge in [-0.05, 0) is 37.6 Å². The molecule has 1 unspecified atom stereocenters. The number of hydrogen-bond donors (Lipinski definition) is 2. The van der Waals surface area contributed by atoms with Crippen LogP contribution in [-0.2, 0) is 48.0 Å². The van der Waals surface area contributed by atoms with Crippen molar-refractivity contribution >= 4 is 37.0 Å². The first kappa shape index (κ1) is 46.1. The number of nitrogen functional groups attached to an aromatic ring is 1. The van der Waals surface area contributed by atoms with Gasteiger partial charge < -0.3 is 29.2 Å². The molecule has 2 aromatic heterocycles. The first-order valence-corrected chi connectivity index (χ1v) is 21.8. The molecule has 58 heavy (non-hydrogen) atoms. The lowest BCUT2D eigenvalue weighted by Crippen LogP contribution is -2.47. The number of nitrogens with one attached hydrogen (secondary N) is 1. The van der Waals surface area contributed by atoms with Crippen LogP contribution in [0.4, 0.5) is 5.82 Å². The average molecular weight is 827 g/mol. The molecule has 16 nitrogen and oxygen atoms in total. The normalized spacial score (nSPS) is 20.7. The van der Waals surface area contributed by atoms with Crippen LogP contribution < -0.4 is 15.3 Å². The van der Waals surface area contributed by atoms with Gasteiger partial charge in [-0.3, -0.25) is 18.9 Å². The summed E-state index contributed by atoms with van der Waals surface area (Å²) in [7, 11) is -4.47. The van der Waals surface area contributed by atoms with Crippen molar-refractivity contribution in [2.75, 3.05) is 18.9 Å². The first-order chi connectivity index (χ1) is 27.7. The number of fused-ring (bicyclic) bond motifs is 1. The Morgan fingerprint density at radius 1 is 0.914 bits per heavy atom. The molecule has 0 radical (unpaired) electrons. The summed E-state index contributed by atoms with van der Waals surface area (Å²) in [6.45, 7) is 9.68. The van der Waals surface area contributed by atoms with Crippen LogP contribution in [0, 0.1) is 23.2 Å². The largest absolute Gasteiger partial charge is 0.465 e. The Hall–Kier alpha value is -4.55. The molecule has 0 spiro atoms. The zero-order valence-electron chi connectivity index (χ0n) is 34.5. The standard InChI is InChI=1S/C41H59N6O10P/c1-7-8-9-10-11-12-13-14-15-19-24-52-40(50)30(6)46-58(51,57-31-20-17-16-18-21-31)53-25-33-35(54-38(48)28(2)3)36(55-39(49)29(4)5)41(26-42,56-33)34-23-22-32-37(43)44-27-45-47(32)34/h16-18,20-23,27-30,33,35-36H,7-15,19,24-25H2,1-6H3,(H,46,51)(H2,43,44,45)/t30-,33+,35+,36+,41-,58?/m0/s1. The Labute approximate surface area is 341 Å². The van der Waals surface area contributed by atoms with Crippen LogP contribution in [0.25, 0.3) is 5.52 Å². The van der Waals surface area contributed by atoms with E-state index >= 15 is 0 Å².